The van der Waals surface area contributed by atoms with Gasteiger partial charge >= 0.3 is 0 Å². The summed E-state index contributed by atoms with van der Waals surface area (Å²) in [5, 5.41) is 9.22. The minimum absolute atomic E-state index is 0.174. The van der Waals surface area contributed by atoms with Crippen LogP contribution in [0.5, 0.6) is 5.75 Å². The van der Waals surface area contributed by atoms with E-state index in [1.54, 1.807) is 12.1 Å². The van der Waals surface area contributed by atoms with E-state index in [0.29, 0.717) is 5.75 Å². The molecule has 1 nitrogen and oxygen atoms in total. The van der Waals surface area contributed by atoms with Gasteiger partial charge in [0.25, 0.3) is 0 Å². The molecule has 1 N–H and O–H groups in total. The molecule has 0 aromatic heterocycles. The Labute approximate surface area is 95.7 Å². The van der Waals surface area contributed by atoms with Gasteiger partial charge in [0.15, 0.2) is 0 Å². The van der Waals surface area contributed by atoms with Gasteiger partial charge in [-0.05, 0) is 23.1 Å². The number of aromatic hydroxyl groups is 1. The van der Waals surface area contributed by atoms with Crippen LogP contribution in [-0.4, -0.2) is 10.4 Å². The fourth-order valence-corrected chi connectivity index (χ4v) is 0.961. The molecule has 0 amide bonds. The molecule has 0 saturated carbocycles. The zero-order valence-electron chi connectivity index (χ0n) is 8.72. The Bertz CT molecular complexity index is 249. The maximum atomic E-state index is 9.02. The Balaban J connectivity index is 0.000000500. The Hall–Kier alpha value is -0.400. The molecule has 0 fully saturated rings. The lowest BCUT2D eigenvalue weighted by molar-refractivity contribution is 0.474. The normalized spacial score (nSPS) is 10.4. The molecule has 1 rings (SSSR count). The Morgan fingerprint density at radius 1 is 1.07 bits per heavy atom. The van der Waals surface area contributed by atoms with Crippen molar-refractivity contribution >= 4 is 23.2 Å². The molecule has 14 heavy (non-hydrogen) atoms. The summed E-state index contributed by atoms with van der Waals surface area (Å²) in [6.45, 7) is 6.46. The molecule has 0 atom stereocenters. The number of alkyl halides is 2. The van der Waals surface area contributed by atoms with Crippen LogP contribution >= 0.6 is 23.2 Å². The van der Waals surface area contributed by atoms with Crippen molar-refractivity contribution in [1.29, 1.82) is 0 Å². The first-order valence-electron chi connectivity index (χ1n) is 4.33. The zero-order chi connectivity index (χ0) is 11.2. The Kier molecular flexibility index (Phi) is 5.98. The quantitative estimate of drug-likeness (QED) is 0.671. The van der Waals surface area contributed by atoms with Gasteiger partial charge in [-0.15, -0.1) is 23.2 Å². The molecule has 0 aliphatic rings. The highest BCUT2D eigenvalue weighted by Crippen LogP contribution is 2.23. The molecule has 0 aliphatic carbocycles. The molecule has 1 aromatic carbocycles. The third-order valence-electron chi connectivity index (χ3n) is 1.73. The summed E-state index contributed by atoms with van der Waals surface area (Å²) < 4.78 is 0. The van der Waals surface area contributed by atoms with Crippen molar-refractivity contribution in [3.05, 3.63) is 29.8 Å². The summed E-state index contributed by atoms with van der Waals surface area (Å²) in [5.41, 5.74) is 1.42. The molecule has 0 saturated heterocycles. The predicted molar refractivity (Wildman–Crippen MR) is 63.4 cm³/mol. The van der Waals surface area contributed by atoms with E-state index in [-0.39, 0.29) is 10.8 Å². The van der Waals surface area contributed by atoms with E-state index in [9.17, 15) is 0 Å². The molecule has 1 aromatic rings. The number of halogens is 2. The van der Waals surface area contributed by atoms with E-state index in [1.807, 2.05) is 12.1 Å². The molecule has 0 aliphatic heterocycles. The average molecular weight is 235 g/mol. The number of benzene rings is 1. The van der Waals surface area contributed by atoms with E-state index in [0.717, 1.165) is 0 Å². The van der Waals surface area contributed by atoms with Crippen LogP contribution in [0.2, 0.25) is 0 Å². The van der Waals surface area contributed by atoms with Gasteiger partial charge in [0.05, 0.1) is 5.34 Å². The number of phenols is 1. The summed E-state index contributed by atoms with van der Waals surface area (Å²) in [4.78, 5) is 0. The van der Waals surface area contributed by atoms with E-state index in [2.05, 4.69) is 20.8 Å². The van der Waals surface area contributed by atoms with E-state index < -0.39 is 0 Å². The second-order valence-electron chi connectivity index (χ2n) is 3.90. The van der Waals surface area contributed by atoms with Crippen LogP contribution < -0.4 is 0 Å². The summed E-state index contributed by atoms with van der Waals surface area (Å²) in [5.74, 6) is 0.331. The zero-order valence-corrected chi connectivity index (χ0v) is 10.2. The second kappa shape index (κ2) is 6.15. The lowest BCUT2D eigenvalue weighted by atomic mass is 9.87. The minimum Gasteiger partial charge on any atom is -0.508 e. The van der Waals surface area contributed by atoms with Gasteiger partial charge in [-0.3, -0.25) is 0 Å². The summed E-state index contributed by atoms with van der Waals surface area (Å²) in [7, 11) is 0. The Morgan fingerprint density at radius 3 is 1.71 bits per heavy atom. The average Bonchev–Trinajstić information content (AvgIpc) is 2.04. The summed E-state index contributed by atoms with van der Waals surface area (Å²) in [6, 6.07) is 7.35. The van der Waals surface area contributed by atoms with Crippen molar-refractivity contribution in [3.8, 4) is 5.75 Å². The minimum atomic E-state index is 0.174. The maximum Gasteiger partial charge on any atom is 0.115 e. The molecule has 80 valence electrons. The van der Waals surface area contributed by atoms with E-state index >= 15 is 0 Å². The molecule has 0 unspecified atom stereocenters. The van der Waals surface area contributed by atoms with Crippen LogP contribution in [0, 0.1) is 0 Å². The lowest BCUT2D eigenvalue weighted by Crippen LogP contribution is -2.10. The smallest absolute Gasteiger partial charge is 0.115 e. The van der Waals surface area contributed by atoms with Gasteiger partial charge < -0.3 is 5.11 Å². The van der Waals surface area contributed by atoms with Crippen molar-refractivity contribution in [2.75, 3.05) is 5.34 Å². The Morgan fingerprint density at radius 2 is 1.43 bits per heavy atom. The molecule has 0 spiro atoms. The fraction of sp³-hybridized carbons (Fsp3) is 0.455. The van der Waals surface area contributed by atoms with Gasteiger partial charge in [-0.25, -0.2) is 0 Å². The highest BCUT2D eigenvalue weighted by atomic mass is 35.5. The molecule has 3 heteroatoms. The van der Waals surface area contributed by atoms with E-state index in [4.69, 9.17) is 28.3 Å². The van der Waals surface area contributed by atoms with Crippen LogP contribution in [0.15, 0.2) is 24.3 Å². The first-order chi connectivity index (χ1) is 6.41. The summed E-state index contributed by atoms with van der Waals surface area (Å²) in [6.07, 6.45) is 0. The SMILES string of the molecule is CC(C)(C)c1ccc(O)cc1.ClCCl. The van der Waals surface area contributed by atoms with Gasteiger partial charge in [0.1, 0.15) is 5.75 Å². The molecule has 0 radical (unpaired) electrons. The van der Waals surface area contributed by atoms with Gasteiger partial charge in [-0.1, -0.05) is 32.9 Å². The lowest BCUT2D eigenvalue weighted by Gasteiger charge is -2.18. The van der Waals surface area contributed by atoms with Crippen LogP contribution in [-0.2, 0) is 5.41 Å². The van der Waals surface area contributed by atoms with Gasteiger partial charge in [0.2, 0.25) is 0 Å². The highest BCUT2D eigenvalue weighted by Gasteiger charge is 2.12. The molecule has 0 bridgehead atoms. The largest absolute Gasteiger partial charge is 0.508 e. The van der Waals surface area contributed by atoms with Crippen molar-refractivity contribution in [2.24, 2.45) is 0 Å². The number of phenolic OH excluding ortho intramolecular Hbond substituents is 1. The third kappa shape index (κ3) is 5.36. The highest BCUT2D eigenvalue weighted by molar-refractivity contribution is 6.40. The first kappa shape index (κ1) is 13.6. The standard InChI is InChI=1S/C10H14O.CH2Cl2/c1-10(2,3)8-4-6-9(11)7-5-8;2-1-3/h4-7,11H,1-3H3;1H2. The topological polar surface area (TPSA) is 20.2 Å². The van der Waals surface area contributed by atoms with Crippen LogP contribution in [0.1, 0.15) is 26.3 Å². The number of hydrogen-bond acceptors (Lipinski definition) is 1. The maximum absolute atomic E-state index is 9.02. The molecular formula is C11H16Cl2O. The van der Waals surface area contributed by atoms with Crippen LogP contribution in [0.25, 0.3) is 0 Å². The second-order valence-corrected chi connectivity index (χ2v) is 4.71. The third-order valence-corrected chi connectivity index (χ3v) is 1.73. The van der Waals surface area contributed by atoms with Crippen molar-refractivity contribution < 1.29 is 5.11 Å². The molecule has 0 heterocycles. The first-order valence-corrected chi connectivity index (χ1v) is 5.40. The predicted octanol–water partition coefficient (Wildman–Crippen LogP) is 4.11. The van der Waals surface area contributed by atoms with E-state index in [1.165, 1.54) is 5.56 Å². The molecular weight excluding hydrogens is 219 g/mol. The van der Waals surface area contributed by atoms with Gasteiger partial charge in [-0.2, -0.15) is 0 Å². The fourth-order valence-electron chi connectivity index (χ4n) is 0.961. The van der Waals surface area contributed by atoms with Crippen molar-refractivity contribution in [2.45, 2.75) is 26.2 Å². The van der Waals surface area contributed by atoms with Crippen LogP contribution in [0.3, 0.4) is 0 Å². The van der Waals surface area contributed by atoms with Crippen molar-refractivity contribution in [1.82, 2.24) is 0 Å². The van der Waals surface area contributed by atoms with Gasteiger partial charge in [0, 0.05) is 0 Å². The summed E-state index contributed by atoms with van der Waals surface area (Å²) >= 11 is 9.53. The van der Waals surface area contributed by atoms with Crippen LogP contribution in [0.4, 0.5) is 0 Å². The number of hydrogen-bond donors (Lipinski definition) is 1. The number of rotatable bonds is 0. The van der Waals surface area contributed by atoms with Crippen molar-refractivity contribution in [3.63, 3.8) is 0 Å². The monoisotopic (exact) mass is 234 g/mol.